The van der Waals surface area contributed by atoms with Gasteiger partial charge >= 0.3 is 6.09 Å². The van der Waals surface area contributed by atoms with Crippen molar-refractivity contribution < 1.29 is 18.7 Å². The van der Waals surface area contributed by atoms with Crippen molar-refractivity contribution in [2.24, 2.45) is 5.73 Å². The third kappa shape index (κ3) is 4.72. The van der Waals surface area contributed by atoms with Crippen LogP contribution in [0.1, 0.15) is 46.2 Å². The molecule has 1 aromatic rings. The van der Waals surface area contributed by atoms with Crippen molar-refractivity contribution in [2.45, 2.75) is 58.3 Å². The second kappa shape index (κ2) is 7.61. The smallest absolute Gasteiger partial charge is 0.410 e. The quantitative estimate of drug-likeness (QED) is 0.893. The van der Waals surface area contributed by atoms with Crippen LogP contribution in [-0.2, 0) is 9.53 Å². The third-order valence-electron chi connectivity index (χ3n) is 4.45. The van der Waals surface area contributed by atoms with Crippen LogP contribution in [0.4, 0.5) is 9.18 Å². The van der Waals surface area contributed by atoms with Crippen LogP contribution in [-0.4, -0.2) is 52.6 Å². The largest absolute Gasteiger partial charge is 0.444 e. The highest BCUT2D eigenvalue weighted by molar-refractivity contribution is 5.81. The summed E-state index contributed by atoms with van der Waals surface area (Å²) >= 11 is 0. The molecule has 2 N–H and O–H groups in total. The Bertz CT molecular complexity index is 657. The Morgan fingerprint density at radius 1 is 1.15 bits per heavy atom. The van der Waals surface area contributed by atoms with Crippen LogP contribution < -0.4 is 5.73 Å². The van der Waals surface area contributed by atoms with Crippen LogP contribution in [0.25, 0.3) is 0 Å². The highest BCUT2D eigenvalue weighted by Crippen LogP contribution is 2.28. The molecule has 1 aliphatic heterocycles. The van der Waals surface area contributed by atoms with Gasteiger partial charge in [0.1, 0.15) is 17.5 Å². The molecule has 26 heavy (non-hydrogen) atoms. The van der Waals surface area contributed by atoms with Gasteiger partial charge in [-0.15, -0.1) is 0 Å². The van der Waals surface area contributed by atoms with E-state index >= 15 is 0 Å². The molecule has 0 spiro atoms. The lowest BCUT2D eigenvalue weighted by Crippen LogP contribution is -2.60. The van der Waals surface area contributed by atoms with Crippen molar-refractivity contribution in [3.63, 3.8) is 0 Å². The zero-order chi connectivity index (χ0) is 19.6. The maximum absolute atomic E-state index is 13.2. The number of hydrogen-bond acceptors (Lipinski definition) is 4. The molecule has 2 unspecified atom stereocenters. The van der Waals surface area contributed by atoms with Crippen molar-refractivity contribution in [2.75, 3.05) is 13.1 Å². The Labute approximate surface area is 154 Å². The summed E-state index contributed by atoms with van der Waals surface area (Å²) in [6.07, 6.45) is -0.367. The number of carbonyl (C=O) groups excluding carboxylic acids is 2. The first-order valence-corrected chi connectivity index (χ1v) is 8.79. The van der Waals surface area contributed by atoms with Gasteiger partial charge in [0.2, 0.25) is 5.91 Å². The molecular weight excluding hydrogens is 337 g/mol. The van der Waals surface area contributed by atoms with Crippen molar-refractivity contribution in [3.8, 4) is 0 Å². The number of halogens is 1. The molecule has 3 atom stereocenters. The van der Waals surface area contributed by atoms with Crippen molar-refractivity contribution >= 4 is 12.0 Å². The van der Waals surface area contributed by atoms with Crippen molar-refractivity contribution in [3.05, 3.63) is 35.6 Å². The van der Waals surface area contributed by atoms with Crippen LogP contribution in [0.5, 0.6) is 0 Å². The van der Waals surface area contributed by atoms with E-state index in [0.717, 1.165) is 0 Å². The number of amides is 2. The summed E-state index contributed by atoms with van der Waals surface area (Å²) in [5.74, 6) is -0.866. The first-order valence-electron chi connectivity index (χ1n) is 8.79. The summed E-state index contributed by atoms with van der Waals surface area (Å²) in [7, 11) is 0. The van der Waals surface area contributed by atoms with Crippen molar-refractivity contribution in [1.82, 2.24) is 9.80 Å². The number of nitrogens with two attached hydrogens (primary N) is 1. The number of benzene rings is 1. The molecule has 7 heteroatoms. The molecule has 1 aliphatic rings. The number of primary amides is 1. The lowest BCUT2D eigenvalue weighted by atomic mass is 9.99. The molecule has 6 nitrogen and oxygen atoms in total. The van der Waals surface area contributed by atoms with E-state index in [4.69, 9.17) is 10.5 Å². The standard InChI is InChI=1S/C19H28FN3O3/c1-12-11-23(18(25)26-19(3,4)5)13(2)10-22(12)16(17(21)24)14-6-8-15(20)9-7-14/h6-9,12-13,16H,10-11H2,1-5H3,(H2,21,24)/t12?,13-,16?/m0/s1. The minimum absolute atomic E-state index is 0.110. The first kappa shape index (κ1) is 20.2. The van der Waals surface area contributed by atoms with Gasteiger partial charge in [0.15, 0.2) is 0 Å². The van der Waals surface area contributed by atoms with E-state index < -0.39 is 17.6 Å². The molecule has 144 valence electrons. The van der Waals surface area contributed by atoms with E-state index in [1.807, 2.05) is 39.5 Å². The number of piperazine rings is 1. The molecule has 0 saturated carbocycles. The lowest BCUT2D eigenvalue weighted by molar-refractivity contribution is -0.126. The Balaban J connectivity index is 2.20. The molecule has 0 bridgehead atoms. The normalized spacial score (nSPS) is 22.8. The molecule has 2 rings (SSSR count). The Morgan fingerprint density at radius 3 is 2.23 bits per heavy atom. The zero-order valence-electron chi connectivity index (χ0n) is 16.0. The molecule has 0 aromatic heterocycles. The summed E-state index contributed by atoms with van der Waals surface area (Å²) in [4.78, 5) is 28.2. The van der Waals surface area contributed by atoms with E-state index in [1.54, 1.807) is 17.0 Å². The van der Waals surface area contributed by atoms with Crippen LogP contribution in [0.2, 0.25) is 0 Å². The molecule has 0 aliphatic carbocycles. The number of hydrogen-bond donors (Lipinski definition) is 1. The minimum Gasteiger partial charge on any atom is -0.444 e. The predicted octanol–water partition coefficient (Wildman–Crippen LogP) is 2.68. The fourth-order valence-corrected chi connectivity index (χ4v) is 3.25. The fourth-order valence-electron chi connectivity index (χ4n) is 3.25. The summed E-state index contributed by atoms with van der Waals surface area (Å²) in [6.45, 7) is 10.2. The molecular formula is C19H28FN3O3. The van der Waals surface area contributed by atoms with Gasteiger partial charge in [0, 0.05) is 25.2 Å². The third-order valence-corrected chi connectivity index (χ3v) is 4.45. The van der Waals surface area contributed by atoms with E-state index in [0.29, 0.717) is 18.7 Å². The van der Waals surface area contributed by atoms with Crippen LogP contribution in [0.15, 0.2) is 24.3 Å². The van der Waals surface area contributed by atoms with Crippen molar-refractivity contribution in [1.29, 1.82) is 0 Å². The average molecular weight is 365 g/mol. The van der Waals surface area contributed by atoms with Crippen LogP contribution >= 0.6 is 0 Å². The fraction of sp³-hybridized carbons (Fsp3) is 0.579. The van der Waals surface area contributed by atoms with Crippen LogP contribution in [0, 0.1) is 5.82 Å². The summed E-state index contributed by atoms with van der Waals surface area (Å²) in [5, 5.41) is 0. The first-order chi connectivity index (χ1) is 12.0. The molecule has 2 amide bonds. The Morgan fingerprint density at radius 2 is 1.73 bits per heavy atom. The number of nitrogens with zero attached hydrogens (tertiary/aromatic N) is 2. The van der Waals surface area contributed by atoms with Gasteiger partial charge in [-0.05, 0) is 52.3 Å². The van der Waals surface area contributed by atoms with Gasteiger partial charge in [0.25, 0.3) is 0 Å². The molecule has 1 fully saturated rings. The minimum atomic E-state index is -0.672. The Kier molecular flexibility index (Phi) is 5.91. The van der Waals surface area contributed by atoms with Crippen LogP contribution in [0.3, 0.4) is 0 Å². The molecule has 1 aromatic carbocycles. The molecule has 0 radical (unpaired) electrons. The number of ether oxygens (including phenoxy) is 1. The molecule has 1 heterocycles. The van der Waals surface area contributed by atoms with E-state index in [1.165, 1.54) is 12.1 Å². The van der Waals surface area contributed by atoms with E-state index in [-0.39, 0.29) is 24.0 Å². The van der Waals surface area contributed by atoms with E-state index in [2.05, 4.69) is 0 Å². The topological polar surface area (TPSA) is 75.9 Å². The summed E-state index contributed by atoms with van der Waals surface area (Å²) in [5.41, 5.74) is 5.72. The van der Waals surface area contributed by atoms with Gasteiger partial charge in [-0.3, -0.25) is 9.69 Å². The Hall–Kier alpha value is -2.15. The highest BCUT2D eigenvalue weighted by Gasteiger charge is 2.39. The summed E-state index contributed by atoms with van der Waals surface area (Å²) < 4.78 is 18.7. The second-order valence-corrected chi connectivity index (χ2v) is 7.88. The average Bonchev–Trinajstić information content (AvgIpc) is 2.50. The van der Waals surface area contributed by atoms with Gasteiger partial charge in [-0.2, -0.15) is 0 Å². The maximum atomic E-state index is 13.2. The van der Waals surface area contributed by atoms with E-state index in [9.17, 15) is 14.0 Å². The predicted molar refractivity (Wildman–Crippen MR) is 96.9 cm³/mol. The van der Waals surface area contributed by atoms with Gasteiger partial charge in [-0.1, -0.05) is 12.1 Å². The maximum Gasteiger partial charge on any atom is 0.410 e. The number of rotatable bonds is 3. The SMILES string of the molecule is CC1CN(C(=O)OC(C)(C)C)[C@@H](C)CN1C(C(N)=O)c1ccc(F)cc1. The lowest BCUT2D eigenvalue weighted by Gasteiger charge is -2.46. The highest BCUT2D eigenvalue weighted by atomic mass is 19.1. The van der Waals surface area contributed by atoms with Gasteiger partial charge in [-0.25, -0.2) is 9.18 Å². The van der Waals surface area contributed by atoms with Gasteiger partial charge in [0.05, 0.1) is 0 Å². The molecule has 1 saturated heterocycles. The zero-order valence-corrected chi connectivity index (χ0v) is 16.0. The summed E-state index contributed by atoms with van der Waals surface area (Å²) in [6, 6.07) is 4.84. The second-order valence-electron chi connectivity index (χ2n) is 7.88. The number of carbonyl (C=O) groups is 2. The van der Waals surface area contributed by atoms with Gasteiger partial charge < -0.3 is 15.4 Å². The monoisotopic (exact) mass is 365 g/mol.